The van der Waals surface area contributed by atoms with E-state index in [9.17, 15) is 14.3 Å². The number of hydrogen-bond acceptors (Lipinski definition) is 7. The predicted molar refractivity (Wildman–Crippen MR) is 92.4 cm³/mol. The van der Waals surface area contributed by atoms with Gasteiger partial charge in [0.2, 0.25) is 5.02 Å². The van der Waals surface area contributed by atoms with Crippen molar-refractivity contribution in [3.8, 4) is 0 Å². The molecule has 10 heteroatoms. The van der Waals surface area contributed by atoms with Crippen molar-refractivity contribution < 1.29 is 32.4 Å². The van der Waals surface area contributed by atoms with E-state index < -0.39 is 26.3 Å². The van der Waals surface area contributed by atoms with Crippen molar-refractivity contribution in [2.24, 2.45) is 0 Å². The average molecular weight is 388 g/mol. The van der Waals surface area contributed by atoms with Gasteiger partial charge in [-0.05, 0) is 48.0 Å². The molecular formula is C14H32NO7P2. The summed E-state index contributed by atoms with van der Waals surface area (Å²) >= 11 is 0. The molecule has 0 fully saturated rings. The number of hydroxylamine groups is 2. The third kappa shape index (κ3) is 4.68. The Morgan fingerprint density at radius 1 is 0.833 bits per heavy atom. The van der Waals surface area contributed by atoms with Crippen molar-refractivity contribution in [2.75, 3.05) is 26.4 Å². The van der Waals surface area contributed by atoms with E-state index in [1.54, 1.807) is 41.5 Å². The molecule has 0 aliphatic rings. The van der Waals surface area contributed by atoms with Crippen LogP contribution in [-0.4, -0.2) is 42.6 Å². The molecule has 0 saturated carbocycles. The van der Waals surface area contributed by atoms with E-state index >= 15 is 0 Å². The van der Waals surface area contributed by atoms with Crippen LogP contribution in [0, 0.1) is 0 Å². The zero-order chi connectivity index (χ0) is 19.0. The summed E-state index contributed by atoms with van der Waals surface area (Å²) in [6, 6.07) is -0.585. The Hall–Kier alpha value is 0.220. The SMILES string of the molecule is CCOP(=O)(OCC)C(C)(N([O])C(C)CC)P(=O)(OCC)OCC. The highest BCUT2D eigenvalue weighted by Gasteiger charge is 2.67. The van der Waals surface area contributed by atoms with Crippen LogP contribution >= 0.6 is 15.2 Å². The Balaban J connectivity index is 6.45. The van der Waals surface area contributed by atoms with Gasteiger partial charge < -0.3 is 18.1 Å². The highest BCUT2D eigenvalue weighted by Crippen LogP contribution is 2.78. The fourth-order valence-corrected chi connectivity index (χ4v) is 7.48. The average Bonchev–Trinajstić information content (AvgIpc) is 2.53. The van der Waals surface area contributed by atoms with Gasteiger partial charge in [-0.1, -0.05) is 6.92 Å². The molecule has 8 nitrogen and oxygen atoms in total. The summed E-state index contributed by atoms with van der Waals surface area (Å²) in [7, 11) is -8.29. The predicted octanol–water partition coefficient (Wildman–Crippen LogP) is 4.64. The molecule has 0 aromatic heterocycles. The number of rotatable bonds is 13. The topological polar surface area (TPSA) is 94.2 Å². The molecule has 0 aromatic carbocycles. The van der Waals surface area contributed by atoms with Crippen LogP contribution in [0.5, 0.6) is 0 Å². The molecular weight excluding hydrogens is 356 g/mol. The van der Waals surface area contributed by atoms with Gasteiger partial charge in [0.25, 0.3) is 0 Å². The van der Waals surface area contributed by atoms with Crippen molar-refractivity contribution in [1.82, 2.24) is 5.06 Å². The first-order valence-corrected chi connectivity index (χ1v) is 11.5. The minimum absolute atomic E-state index is 0.0272. The normalized spacial score (nSPS) is 15.0. The maximum atomic E-state index is 13.5. The van der Waals surface area contributed by atoms with Gasteiger partial charge in [-0.25, -0.2) is 0 Å². The molecule has 1 radical (unpaired) electrons. The Bertz CT molecular complexity index is 410. The van der Waals surface area contributed by atoms with Crippen LogP contribution in [0.15, 0.2) is 0 Å². The summed E-state index contributed by atoms with van der Waals surface area (Å²) in [5.74, 6) is 0. The van der Waals surface area contributed by atoms with E-state index in [0.29, 0.717) is 11.5 Å². The van der Waals surface area contributed by atoms with Gasteiger partial charge in [0.15, 0.2) is 0 Å². The summed E-state index contributed by atoms with van der Waals surface area (Å²) in [5.41, 5.74) is 0. The Morgan fingerprint density at radius 2 is 1.12 bits per heavy atom. The zero-order valence-corrected chi connectivity index (χ0v) is 17.6. The molecule has 0 amide bonds. The van der Waals surface area contributed by atoms with Crippen LogP contribution in [0.25, 0.3) is 0 Å². The van der Waals surface area contributed by atoms with Gasteiger partial charge in [-0.2, -0.15) is 0 Å². The molecule has 1 atom stereocenters. The summed E-state index contributed by atoms with van der Waals surface area (Å²) in [6.07, 6.45) is 0.454. The first-order chi connectivity index (χ1) is 11.1. The number of nitrogens with zero attached hydrogens (tertiary/aromatic N) is 1. The molecule has 0 aromatic rings. The number of hydrogen-bond donors (Lipinski definition) is 0. The van der Waals surface area contributed by atoms with E-state index in [4.69, 9.17) is 18.1 Å². The van der Waals surface area contributed by atoms with Crippen LogP contribution < -0.4 is 0 Å². The van der Waals surface area contributed by atoms with Crippen molar-refractivity contribution in [2.45, 2.75) is 65.9 Å². The zero-order valence-electron chi connectivity index (χ0n) is 15.8. The van der Waals surface area contributed by atoms with E-state index in [2.05, 4.69) is 0 Å². The third-order valence-corrected chi connectivity index (χ3v) is 9.97. The van der Waals surface area contributed by atoms with Crippen LogP contribution in [-0.2, 0) is 32.4 Å². The van der Waals surface area contributed by atoms with E-state index in [1.807, 2.05) is 0 Å². The lowest BCUT2D eigenvalue weighted by molar-refractivity contribution is -0.211. The van der Waals surface area contributed by atoms with Crippen LogP contribution in [0.3, 0.4) is 0 Å². The molecule has 24 heavy (non-hydrogen) atoms. The highest BCUT2D eigenvalue weighted by atomic mass is 31.2. The van der Waals surface area contributed by atoms with Crippen molar-refractivity contribution in [1.29, 1.82) is 0 Å². The quantitative estimate of drug-likeness (QED) is 0.335. The van der Waals surface area contributed by atoms with E-state index in [0.717, 1.165) is 0 Å². The Kier molecular flexibility index (Phi) is 10.5. The fourth-order valence-electron chi connectivity index (χ4n) is 2.22. The lowest BCUT2D eigenvalue weighted by Gasteiger charge is -2.44. The second kappa shape index (κ2) is 10.4. The molecule has 0 saturated heterocycles. The van der Waals surface area contributed by atoms with Crippen molar-refractivity contribution in [3.63, 3.8) is 0 Å². The monoisotopic (exact) mass is 388 g/mol. The molecule has 0 heterocycles. The Labute approximate surface area is 145 Å². The molecule has 0 bridgehead atoms. The van der Waals surface area contributed by atoms with Gasteiger partial charge >= 0.3 is 15.2 Å². The molecule has 0 N–H and O–H groups in total. The van der Waals surface area contributed by atoms with E-state index in [1.165, 1.54) is 6.92 Å². The molecule has 0 aliphatic carbocycles. The largest absolute Gasteiger partial charge is 0.365 e. The van der Waals surface area contributed by atoms with Gasteiger partial charge in [0, 0.05) is 6.04 Å². The molecule has 0 spiro atoms. The van der Waals surface area contributed by atoms with Gasteiger partial charge in [-0.15, -0.1) is 10.3 Å². The second-order valence-electron chi connectivity index (χ2n) is 5.22. The van der Waals surface area contributed by atoms with Crippen molar-refractivity contribution in [3.05, 3.63) is 0 Å². The molecule has 145 valence electrons. The van der Waals surface area contributed by atoms with Crippen LogP contribution in [0.1, 0.15) is 54.9 Å². The summed E-state index contributed by atoms with van der Waals surface area (Å²) in [4.78, 5) is 0. The maximum Gasteiger partial charge on any atom is 0.365 e. The minimum Gasteiger partial charge on any atom is -0.307 e. The van der Waals surface area contributed by atoms with Gasteiger partial charge in [-0.3, -0.25) is 9.13 Å². The minimum atomic E-state index is -4.15. The van der Waals surface area contributed by atoms with Crippen LogP contribution in [0.2, 0.25) is 0 Å². The van der Waals surface area contributed by atoms with Gasteiger partial charge in [0.05, 0.1) is 26.4 Å². The lowest BCUT2D eigenvalue weighted by Crippen LogP contribution is -2.49. The summed E-state index contributed by atoms with van der Waals surface area (Å²) in [5, 5.41) is 11.4. The smallest absolute Gasteiger partial charge is 0.307 e. The summed E-state index contributed by atoms with van der Waals surface area (Å²) < 4.78 is 48.3. The maximum absolute atomic E-state index is 13.5. The van der Waals surface area contributed by atoms with Crippen LogP contribution in [0.4, 0.5) is 0 Å². The lowest BCUT2D eigenvalue weighted by atomic mass is 10.2. The standard InChI is InChI=1S/C14H32NO7P2/c1-8-13(6)15(16)14(7,23(17,19-9-2)20-10-3)24(18,21-11-4)22-12-5/h13H,8-12H2,1-7H3. The molecule has 1 unspecified atom stereocenters. The van der Waals surface area contributed by atoms with Gasteiger partial charge in [0.1, 0.15) is 0 Å². The third-order valence-electron chi connectivity index (χ3n) is 3.64. The molecule has 0 rings (SSSR count). The first kappa shape index (κ1) is 24.2. The Morgan fingerprint density at radius 3 is 1.33 bits per heavy atom. The van der Waals surface area contributed by atoms with Crippen molar-refractivity contribution >= 4 is 15.2 Å². The highest BCUT2D eigenvalue weighted by molar-refractivity contribution is 7.74. The summed E-state index contributed by atoms with van der Waals surface area (Å²) in [6.45, 7) is 11.3. The molecule has 0 aliphatic heterocycles. The second-order valence-corrected chi connectivity index (χ2v) is 10.3. The van der Waals surface area contributed by atoms with E-state index in [-0.39, 0.29) is 26.4 Å². The fraction of sp³-hybridized carbons (Fsp3) is 1.00. The first-order valence-electron chi connectivity index (χ1n) is 8.38.